The highest BCUT2D eigenvalue weighted by atomic mass is 32.2. The monoisotopic (exact) mass is 343 g/mol. The fourth-order valence-electron chi connectivity index (χ4n) is 3.77. The van der Waals surface area contributed by atoms with Crippen LogP contribution in [0.1, 0.15) is 60.8 Å². The maximum absolute atomic E-state index is 13.1. The number of hydrogen-bond acceptors (Lipinski definition) is 3. The molecule has 1 spiro atoms. The predicted octanol–water partition coefficient (Wildman–Crippen LogP) is 3.12. The molecular formula is C18H33NO3S. The normalized spacial score (nSPS) is 26.1. The van der Waals surface area contributed by atoms with Gasteiger partial charge in [-0.15, -0.1) is 0 Å². The van der Waals surface area contributed by atoms with E-state index in [2.05, 4.69) is 41.5 Å². The molecule has 1 aliphatic carbocycles. The first kappa shape index (κ1) is 18.8. The number of rotatable bonds is 3. The van der Waals surface area contributed by atoms with Crippen molar-refractivity contribution in [3.63, 3.8) is 0 Å². The highest BCUT2D eigenvalue weighted by Crippen LogP contribution is 2.60. The molecule has 0 radical (unpaired) electrons. The van der Waals surface area contributed by atoms with E-state index in [4.69, 9.17) is 0 Å². The smallest absolute Gasteiger partial charge is 0.226 e. The van der Waals surface area contributed by atoms with E-state index in [-0.39, 0.29) is 39.6 Å². The highest BCUT2D eigenvalue weighted by Gasteiger charge is 2.60. The van der Waals surface area contributed by atoms with Gasteiger partial charge < -0.3 is 4.90 Å². The topological polar surface area (TPSA) is 54.5 Å². The molecule has 1 saturated carbocycles. The van der Waals surface area contributed by atoms with Crippen LogP contribution in [0.5, 0.6) is 0 Å². The van der Waals surface area contributed by atoms with E-state index in [0.29, 0.717) is 12.8 Å². The Morgan fingerprint density at radius 3 is 1.83 bits per heavy atom. The van der Waals surface area contributed by atoms with Crippen LogP contribution in [0.15, 0.2) is 0 Å². The average Bonchev–Trinajstić information content (AvgIpc) is 3.03. The summed E-state index contributed by atoms with van der Waals surface area (Å²) in [5, 5.41) is 0. The number of sulfone groups is 1. The lowest BCUT2D eigenvalue weighted by Gasteiger charge is -2.35. The summed E-state index contributed by atoms with van der Waals surface area (Å²) in [6.07, 6.45) is 2.22. The van der Waals surface area contributed by atoms with E-state index in [1.165, 1.54) is 0 Å². The lowest BCUT2D eigenvalue weighted by Crippen LogP contribution is -2.44. The minimum Gasteiger partial charge on any atom is -0.341 e. The van der Waals surface area contributed by atoms with Crippen LogP contribution in [0.4, 0.5) is 0 Å². The molecule has 1 amide bonds. The second-order valence-electron chi connectivity index (χ2n) is 10.1. The fourth-order valence-corrected chi connectivity index (χ4v) is 5.41. The third-order valence-electron chi connectivity index (χ3n) is 4.95. The van der Waals surface area contributed by atoms with Crippen LogP contribution in [0, 0.1) is 22.2 Å². The molecular weight excluding hydrogens is 310 g/mol. The van der Waals surface area contributed by atoms with Crippen molar-refractivity contribution >= 4 is 15.7 Å². The van der Waals surface area contributed by atoms with Crippen LogP contribution in [0.25, 0.3) is 0 Å². The Balaban J connectivity index is 2.07. The summed E-state index contributed by atoms with van der Waals surface area (Å²) < 4.78 is 23.3. The number of nitrogens with zero attached hydrogens (tertiary/aromatic N) is 1. The Bertz CT molecular complexity index is 536. The van der Waals surface area contributed by atoms with Gasteiger partial charge in [-0.05, 0) is 35.5 Å². The number of amides is 1. The number of carbonyl (C=O) groups is 1. The molecule has 134 valence electrons. The molecule has 2 fully saturated rings. The zero-order chi connectivity index (χ0) is 17.7. The van der Waals surface area contributed by atoms with Gasteiger partial charge in [-0.2, -0.15) is 0 Å². The molecule has 0 bridgehead atoms. The van der Waals surface area contributed by atoms with Gasteiger partial charge in [0.05, 0.1) is 11.5 Å². The second-order valence-corrected chi connectivity index (χ2v) is 12.4. The molecule has 0 aromatic carbocycles. The van der Waals surface area contributed by atoms with Crippen molar-refractivity contribution < 1.29 is 13.2 Å². The molecule has 1 aliphatic heterocycles. The van der Waals surface area contributed by atoms with Crippen LogP contribution in [-0.4, -0.2) is 43.8 Å². The van der Waals surface area contributed by atoms with Crippen molar-refractivity contribution in [3.8, 4) is 0 Å². The first-order valence-corrected chi connectivity index (χ1v) is 10.5. The standard InChI is InChI=1S/C18H33NO3S/c1-16(2,3)12-19(13-17(4,5)6)15(20)14-11-18(14)7-9-23(21,22)10-8-18/h14H,7-13H2,1-6H3/t14-/m1/s1. The van der Waals surface area contributed by atoms with Gasteiger partial charge >= 0.3 is 0 Å². The van der Waals surface area contributed by atoms with Gasteiger partial charge in [-0.1, -0.05) is 41.5 Å². The SMILES string of the molecule is CC(C)(C)CN(CC(C)(C)C)C(=O)[C@H]1CC12CCS(=O)(=O)CC2. The van der Waals surface area contributed by atoms with E-state index in [1.807, 2.05) is 4.90 Å². The summed E-state index contributed by atoms with van der Waals surface area (Å²) >= 11 is 0. The van der Waals surface area contributed by atoms with Crippen LogP contribution < -0.4 is 0 Å². The molecule has 5 heteroatoms. The summed E-state index contributed by atoms with van der Waals surface area (Å²) in [6, 6.07) is 0. The molecule has 0 aromatic heterocycles. The lowest BCUT2D eigenvalue weighted by atomic mass is 9.90. The summed E-state index contributed by atoms with van der Waals surface area (Å²) in [6.45, 7) is 14.5. The van der Waals surface area contributed by atoms with E-state index >= 15 is 0 Å². The average molecular weight is 344 g/mol. The van der Waals surface area contributed by atoms with Crippen LogP contribution >= 0.6 is 0 Å². The lowest BCUT2D eigenvalue weighted by molar-refractivity contribution is -0.136. The van der Waals surface area contributed by atoms with E-state index < -0.39 is 9.84 Å². The predicted molar refractivity (Wildman–Crippen MR) is 93.9 cm³/mol. The van der Waals surface area contributed by atoms with Gasteiger partial charge in [0.15, 0.2) is 0 Å². The third kappa shape index (κ3) is 4.94. The van der Waals surface area contributed by atoms with Crippen molar-refractivity contribution in [3.05, 3.63) is 0 Å². The Kier molecular flexibility index (Phi) is 4.69. The van der Waals surface area contributed by atoms with Crippen molar-refractivity contribution in [2.45, 2.75) is 60.8 Å². The van der Waals surface area contributed by atoms with Gasteiger partial charge in [0.1, 0.15) is 9.84 Å². The van der Waals surface area contributed by atoms with E-state index in [9.17, 15) is 13.2 Å². The third-order valence-corrected chi connectivity index (χ3v) is 6.60. The molecule has 1 atom stereocenters. The summed E-state index contributed by atoms with van der Waals surface area (Å²) in [5.41, 5.74) is 0.119. The summed E-state index contributed by atoms with van der Waals surface area (Å²) in [4.78, 5) is 15.1. The van der Waals surface area contributed by atoms with Crippen molar-refractivity contribution in [2.75, 3.05) is 24.6 Å². The molecule has 0 unspecified atom stereocenters. The molecule has 0 aromatic rings. The van der Waals surface area contributed by atoms with Crippen LogP contribution in [0.2, 0.25) is 0 Å². The molecule has 1 heterocycles. The van der Waals surface area contributed by atoms with Gasteiger partial charge in [0.2, 0.25) is 5.91 Å². The maximum atomic E-state index is 13.1. The minimum absolute atomic E-state index is 0.0174. The maximum Gasteiger partial charge on any atom is 0.226 e. The summed E-state index contributed by atoms with van der Waals surface area (Å²) in [5.74, 6) is 0.807. The molecule has 2 aliphatic rings. The summed E-state index contributed by atoms with van der Waals surface area (Å²) in [7, 11) is -2.87. The fraction of sp³-hybridized carbons (Fsp3) is 0.944. The number of hydrogen-bond donors (Lipinski definition) is 0. The molecule has 4 nitrogen and oxygen atoms in total. The molecule has 0 N–H and O–H groups in total. The van der Waals surface area contributed by atoms with Crippen LogP contribution in [-0.2, 0) is 14.6 Å². The van der Waals surface area contributed by atoms with Crippen molar-refractivity contribution in [1.82, 2.24) is 4.90 Å². The van der Waals surface area contributed by atoms with Gasteiger partial charge in [-0.25, -0.2) is 8.42 Å². The van der Waals surface area contributed by atoms with Gasteiger partial charge in [-0.3, -0.25) is 4.79 Å². The van der Waals surface area contributed by atoms with Gasteiger partial charge in [0.25, 0.3) is 0 Å². The molecule has 23 heavy (non-hydrogen) atoms. The van der Waals surface area contributed by atoms with Gasteiger partial charge in [0, 0.05) is 19.0 Å². The van der Waals surface area contributed by atoms with Crippen LogP contribution in [0.3, 0.4) is 0 Å². The van der Waals surface area contributed by atoms with Crippen molar-refractivity contribution in [1.29, 1.82) is 0 Å². The molecule has 1 saturated heterocycles. The highest BCUT2D eigenvalue weighted by molar-refractivity contribution is 7.91. The largest absolute Gasteiger partial charge is 0.341 e. The number of carbonyl (C=O) groups excluding carboxylic acids is 1. The zero-order valence-electron chi connectivity index (χ0n) is 15.6. The zero-order valence-corrected chi connectivity index (χ0v) is 16.4. The first-order valence-electron chi connectivity index (χ1n) is 8.72. The first-order chi connectivity index (χ1) is 10.2. The quantitative estimate of drug-likeness (QED) is 0.791. The second kappa shape index (κ2) is 5.75. The Hall–Kier alpha value is -0.580. The Morgan fingerprint density at radius 1 is 1.00 bits per heavy atom. The Labute approximate surface area is 141 Å². The minimum atomic E-state index is -2.87. The molecule has 2 rings (SSSR count). The Morgan fingerprint density at radius 2 is 1.43 bits per heavy atom. The van der Waals surface area contributed by atoms with Crippen molar-refractivity contribution in [2.24, 2.45) is 22.2 Å². The van der Waals surface area contributed by atoms with E-state index in [1.54, 1.807) is 0 Å². The van der Waals surface area contributed by atoms with E-state index in [0.717, 1.165) is 19.5 Å².